The summed E-state index contributed by atoms with van der Waals surface area (Å²) < 4.78 is 10.6. The van der Waals surface area contributed by atoms with Crippen LogP contribution in [-0.2, 0) is 4.79 Å². The van der Waals surface area contributed by atoms with Crippen molar-refractivity contribution in [1.29, 1.82) is 5.26 Å². The molecule has 0 N–H and O–H groups in total. The van der Waals surface area contributed by atoms with Crippen molar-refractivity contribution in [2.45, 2.75) is 6.42 Å². The Morgan fingerprint density at radius 1 is 1.23 bits per heavy atom. The molecule has 26 heavy (non-hydrogen) atoms. The van der Waals surface area contributed by atoms with Crippen molar-refractivity contribution < 1.29 is 19.2 Å². The number of benzene rings is 2. The highest BCUT2D eigenvalue weighted by Gasteiger charge is 2.18. The van der Waals surface area contributed by atoms with Crippen molar-refractivity contribution in [1.82, 2.24) is 0 Å². The molecule has 1 amide bonds. The van der Waals surface area contributed by atoms with Crippen LogP contribution >= 0.6 is 0 Å². The average molecular weight is 355 g/mol. The third-order valence-electron chi connectivity index (χ3n) is 3.53. The van der Waals surface area contributed by atoms with Gasteiger partial charge in [-0.1, -0.05) is 18.2 Å². The van der Waals surface area contributed by atoms with Crippen molar-refractivity contribution in [3.63, 3.8) is 0 Å². The summed E-state index contributed by atoms with van der Waals surface area (Å²) in [6.07, 6.45) is 0.167. The minimum Gasteiger partial charge on any atom is -0.493 e. The van der Waals surface area contributed by atoms with Gasteiger partial charge in [-0.2, -0.15) is 5.26 Å². The first-order valence-electron chi connectivity index (χ1n) is 7.74. The zero-order chi connectivity index (χ0) is 18.9. The van der Waals surface area contributed by atoms with Gasteiger partial charge in [0.2, 0.25) is 0 Å². The zero-order valence-electron chi connectivity index (χ0n) is 14.1. The molecular weight excluding hydrogens is 338 g/mol. The molecule has 2 rings (SSSR count). The Morgan fingerprint density at radius 2 is 1.96 bits per heavy atom. The van der Waals surface area contributed by atoms with Gasteiger partial charge in [0.25, 0.3) is 11.6 Å². The number of carbonyl (C=O) groups is 1. The predicted octanol–water partition coefficient (Wildman–Crippen LogP) is 2.93. The van der Waals surface area contributed by atoms with Gasteiger partial charge in [-0.05, 0) is 18.2 Å². The Balaban J connectivity index is 2.16. The van der Waals surface area contributed by atoms with Crippen LogP contribution in [0.5, 0.6) is 11.5 Å². The fraction of sp³-hybridized carbons (Fsp3) is 0.222. The number of nitrogens with zero attached hydrogens (tertiary/aromatic N) is 3. The standard InChI is InChI=1S/C18H17N3O5/c1-25-16-9-8-15(21(23)24)12-17(16)26-13-18(22)20(11-5-10-19)14-6-3-2-4-7-14/h2-4,6-9,12H,5,11,13H2,1H3. The number of anilines is 1. The van der Waals surface area contributed by atoms with Crippen LogP contribution in [0.3, 0.4) is 0 Å². The number of non-ortho nitro benzene ring substituents is 1. The van der Waals surface area contributed by atoms with E-state index in [-0.39, 0.29) is 42.7 Å². The van der Waals surface area contributed by atoms with Gasteiger partial charge >= 0.3 is 0 Å². The molecule has 0 aliphatic carbocycles. The van der Waals surface area contributed by atoms with Crippen LogP contribution in [0.2, 0.25) is 0 Å². The first kappa shape index (κ1) is 18.7. The molecule has 8 heteroatoms. The maximum absolute atomic E-state index is 12.6. The van der Waals surface area contributed by atoms with Crippen LogP contribution in [0.25, 0.3) is 0 Å². The van der Waals surface area contributed by atoms with E-state index in [9.17, 15) is 14.9 Å². The molecule has 0 aliphatic rings. The second-order valence-corrected chi connectivity index (χ2v) is 5.17. The van der Waals surface area contributed by atoms with E-state index in [1.807, 2.05) is 12.1 Å². The minimum absolute atomic E-state index is 0.100. The summed E-state index contributed by atoms with van der Waals surface area (Å²) in [6, 6.07) is 14.8. The van der Waals surface area contributed by atoms with Gasteiger partial charge in [0.15, 0.2) is 18.1 Å². The number of nitro groups is 1. The lowest BCUT2D eigenvalue weighted by Gasteiger charge is -2.22. The molecule has 0 spiro atoms. The van der Waals surface area contributed by atoms with Crippen molar-refractivity contribution in [2.24, 2.45) is 0 Å². The number of amides is 1. The van der Waals surface area contributed by atoms with E-state index in [0.717, 1.165) is 0 Å². The maximum atomic E-state index is 12.6. The van der Waals surface area contributed by atoms with Gasteiger partial charge in [-0.3, -0.25) is 14.9 Å². The fourth-order valence-corrected chi connectivity index (χ4v) is 2.28. The monoisotopic (exact) mass is 355 g/mol. The lowest BCUT2D eigenvalue weighted by Crippen LogP contribution is -2.35. The van der Waals surface area contributed by atoms with Crippen LogP contribution in [0.1, 0.15) is 6.42 Å². The molecule has 0 heterocycles. The summed E-state index contributed by atoms with van der Waals surface area (Å²) in [5.41, 5.74) is 0.472. The SMILES string of the molecule is COc1ccc([N+](=O)[O-])cc1OCC(=O)N(CCC#N)c1ccccc1. The second kappa shape index (κ2) is 9.03. The fourth-order valence-electron chi connectivity index (χ4n) is 2.28. The Hall–Kier alpha value is -3.60. The third-order valence-corrected chi connectivity index (χ3v) is 3.53. The highest BCUT2D eigenvalue weighted by molar-refractivity contribution is 5.94. The number of carbonyl (C=O) groups excluding carboxylic acids is 1. The van der Waals surface area contributed by atoms with Crippen LogP contribution < -0.4 is 14.4 Å². The Morgan fingerprint density at radius 3 is 2.58 bits per heavy atom. The first-order chi connectivity index (χ1) is 12.6. The van der Waals surface area contributed by atoms with Crippen molar-refractivity contribution in [2.75, 3.05) is 25.2 Å². The number of ether oxygens (including phenoxy) is 2. The van der Waals surface area contributed by atoms with Gasteiger partial charge in [0, 0.05) is 18.3 Å². The Bertz CT molecular complexity index is 817. The third kappa shape index (κ3) is 4.70. The number of nitriles is 1. The zero-order valence-corrected chi connectivity index (χ0v) is 14.1. The number of methoxy groups -OCH3 is 1. The Kier molecular flexibility index (Phi) is 6.51. The second-order valence-electron chi connectivity index (χ2n) is 5.17. The molecule has 134 valence electrons. The number of rotatable bonds is 8. The van der Waals surface area contributed by atoms with Crippen LogP contribution in [0.15, 0.2) is 48.5 Å². The number of nitro benzene ring substituents is 1. The number of hydrogen-bond acceptors (Lipinski definition) is 6. The van der Waals surface area contributed by atoms with Gasteiger partial charge < -0.3 is 14.4 Å². The van der Waals surface area contributed by atoms with E-state index in [1.54, 1.807) is 24.3 Å². The van der Waals surface area contributed by atoms with Crippen LogP contribution in [0.4, 0.5) is 11.4 Å². The molecule has 0 unspecified atom stereocenters. The van der Waals surface area contributed by atoms with Gasteiger partial charge in [-0.25, -0.2) is 0 Å². The summed E-state index contributed by atoms with van der Waals surface area (Å²) in [7, 11) is 1.40. The first-order valence-corrected chi connectivity index (χ1v) is 7.74. The average Bonchev–Trinajstić information content (AvgIpc) is 2.67. The van der Waals surface area contributed by atoms with Crippen LogP contribution in [0, 0.1) is 21.4 Å². The largest absolute Gasteiger partial charge is 0.493 e. The van der Waals surface area contributed by atoms with Crippen molar-refractivity contribution in [3.05, 3.63) is 58.6 Å². The predicted molar refractivity (Wildman–Crippen MR) is 94.2 cm³/mol. The molecule has 2 aromatic carbocycles. The minimum atomic E-state index is -0.558. The molecule has 0 aromatic heterocycles. The quantitative estimate of drug-likeness (QED) is 0.532. The molecule has 2 aromatic rings. The van der Waals surface area contributed by atoms with Gasteiger partial charge in [0.05, 0.1) is 30.6 Å². The van der Waals surface area contributed by atoms with E-state index in [1.165, 1.54) is 30.2 Å². The lowest BCUT2D eigenvalue weighted by atomic mass is 10.2. The molecule has 0 fully saturated rings. The van der Waals surface area contributed by atoms with Crippen molar-refractivity contribution >= 4 is 17.3 Å². The van der Waals surface area contributed by atoms with E-state index in [4.69, 9.17) is 14.7 Å². The number of hydrogen-bond donors (Lipinski definition) is 0. The summed E-state index contributed by atoms with van der Waals surface area (Å²) in [6.45, 7) is -0.132. The van der Waals surface area contributed by atoms with Gasteiger partial charge in [0.1, 0.15) is 0 Å². The molecule has 0 aliphatic heterocycles. The highest BCUT2D eigenvalue weighted by atomic mass is 16.6. The molecule has 0 saturated carbocycles. The summed E-state index contributed by atoms with van der Waals surface area (Å²) in [5, 5.41) is 19.7. The highest BCUT2D eigenvalue weighted by Crippen LogP contribution is 2.31. The topological polar surface area (TPSA) is 106 Å². The smallest absolute Gasteiger partial charge is 0.273 e. The maximum Gasteiger partial charge on any atom is 0.273 e. The van der Waals surface area contributed by atoms with Crippen molar-refractivity contribution in [3.8, 4) is 17.6 Å². The van der Waals surface area contributed by atoms with Crippen LogP contribution in [-0.4, -0.2) is 31.1 Å². The van der Waals surface area contributed by atoms with E-state index < -0.39 is 4.92 Å². The van der Waals surface area contributed by atoms with Gasteiger partial charge in [-0.15, -0.1) is 0 Å². The molecular formula is C18H17N3O5. The van der Waals surface area contributed by atoms with E-state index >= 15 is 0 Å². The molecule has 0 saturated heterocycles. The molecule has 0 bridgehead atoms. The Labute approximate surface area is 150 Å². The summed E-state index contributed by atoms with van der Waals surface area (Å²) >= 11 is 0. The molecule has 0 atom stereocenters. The normalized spacial score (nSPS) is 9.85. The summed E-state index contributed by atoms with van der Waals surface area (Å²) in [4.78, 5) is 24.3. The van der Waals surface area contributed by atoms with E-state index in [2.05, 4.69) is 0 Å². The summed E-state index contributed by atoms with van der Waals surface area (Å²) in [5.74, 6) is 0.00930. The lowest BCUT2D eigenvalue weighted by molar-refractivity contribution is -0.385. The molecule has 0 radical (unpaired) electrons. The van der Waals surface area contributed by atoms with E-state index in [0.29, 0.717) is 5.69 Å². The number of para-hydroxylation sites is 1. The molecule has 8 nitrogen and oxygen atoms in total.